The van der Waals surface area contributed by atoms with Gasteiger partial charge in [-0.2, -0.15) is 0 Å². The lowest BCUT2D eigenvalue weighted by molar-refractivity contribution is 0.198. The van der Waals surface area contributed by atoms with E-state index < -0.39 is 6.09 Å². The van der Waals surface area contributed by atoms with Gasteiger partial charge in [0.2, 0.25) is 5.88 Å². The van der Waals surface area contributed by atoms with Crippen LogP contribution in [0.15, 0.2) is 12.4 Å². The Kier molecular flexibility index (Phi) is 2.54. The summed E-state index contributed by atoms with van der Waals surface area (Å²) in [6.45, 7) is 1.76. The van der Waals surface area contributed by atoms with Crippen molar-refractivity contribution in [2.75, 3.05) is 0 Å². The first kappa shape index (κ1) is 8.41. The Morgan fingerprint density at radius 3 is 3.00 bits per heavy atom. The Bertz CT molecular complexity index is 289. The molecule has 0 aliphatic heterocycles. The molecule has 0 radical (unpaired) electrons. The zero-order valence-electron chi connectivity index (χ0n) is 6.44. The molecule has 0 bridgehead atoms. The van der Waals surface area contributed by atoms with Crippen LogP contribution >= 0.6 is 0 Å². The quantitative estimate of drug-likeness (QED) is 0.342. The first-order valence-corrected chi connectivity index (χ1v) is 3.19. The van der Waals surface area contributed by atoms with E-state index in [1.54, 1.807) is 6.92 Å². The number of hydrogen-bond donors (Lipinski definition) is 2. The molecule has 12 heavy (non-hydrogen) atoms. The molecular formula is C6H8N4O2. The van der Waals surface area contributed by atoms with E-state index in [4.69, 9.17) is 5.84 Å². The Morgan fingerprint density at radius 2 is 2.42 bits per heavy atom. The largest absolute Gasteiger partial charge is 0.428 e. The zero-order valence-corrected chi connectivity index (χ0v) is 6.44. The number of nitrogens with zero attached hydrogens (tertiary/aromatic N) is 2. The smallest absolute Gasteiger partial charge is 0.390 e. The normalized spacial score (nSPS) is 9.17. The van der Waals surface area contributed by atoms with Crippen LogP contribution in [0, 0.1) is 6.92 Å². The molecule has 0 fully saturated rings. The number of carbonyl (C=O) groups is 1. The lowest BCUT2D eigenvalue weighted by Crippen LogP contribution is -2.33. The lowest BCUT2D eigenvalue weighted by Gasteiger charge is -2.00. The van der Waals surface area contributed by atoms with E-state index in [0.29, 0.717) is 5.69 Å². The molecular weight excluding hydrogens is 160 g/mol. The third-order valence-corrected chi connectivity index (χ3v) is 1.09. The van der Waals surface area contributed by atoms with E-state index in [0.717, 1.165) is 0 Å². The molecule has 1 aromatic rings. The number of hydrazine groups is 1. The average Bonchev–Trinajstić information content (AvgIpc) is 2.04. The number of hydrogen-bond acceptors (Lipinski definition) is 5. The van der Waals surface area contributed by atoms with E-state index in [2.05, 4.69) is 14.7 Å². The van der Waals surface area contributed by atoms with Gasteiger partial charge in [-0.15, -0.1) is 0 Å². The molecule has 0 saturated heterocycles. The van der Waals surface area contributed by atoms with Gasteiger partial charge < -0.3 is 4.74 Å². The lowest BCUT2D eigenvalue weighted by atomic mass is 10.4. The Morgan fingerprint density at radius 1 is 1.67 bits per heavy atom. The molecule has 0 aliphatic carbocycles. The number of amides is 1. The van der Waals surface area contributed by atoms with Gasteiger partial charge in [-0.1, -0.05) is 0 Å². The summed E-state index contributed by atoms with van der Waals surface area (Å²) in [6.07, 6.45) is 0.544. The number of carbonyl (C=O) groups excluding carboxylic acids is 1. The summed E-state index contributed by atoms with van der Waals surface area (Å²) >= 11 is 0. The number of aromatic nitrogens is 2. The SMILES string of the molecule is Cc1cc(OC(=O)NN)ncn1. The topological polar surface area (TPSA) is 90.1 Å². The summed E-state index contributed by atoms with van der Waals surface area (Å²) in [4.78, 5) is 18.1. The molecule has 0 spiro atoms. The van der Waals surface area contributed by atoms with Gasteiger partial charge in [0.1, 0.15) is 6.33 Å². The molecule has 1 rings (SSSR count). The van der Waals surface area contributed by atoms with Crippen molar-refractivity contribution in [3.05, 3.63) is 18.1 Å². The molecule has 64 valence electrons. The van der Waals surface area contributed by atoms with E-state index in [9.17, 15) is 4.79 Å². The van der Waals surface area contributed by atoms with Gasteiger partial charge in [0, 0.05) is 11.8 Å². The van der Waals surface area contributed by atoms with Crippen LogP contribution in [0.3, 0.4) is 0 Å². The van der Waals surface area contributed by atoms with E-state index >= 15 is 0 Å². The van der Waals surface area contributed by atoms with Gasteiger partial charge in [0.25, 0.3) is 0 Å². The van der Waals surface area contributed by atoms with Gasteiger partial charge in [0.05, 0.1) is 0 Å². The molecule has 0 atom stereocenters. The van der Waals surface area contributed by atoms with E-state index in [-0.39, 0.29) is 5.88 Å². The molecule has 3 N–H and O–H groups in total. The second kappa shape index (κ2) is 3.63. The summed E-state index contributed by atoms with van der Waals surface area (Å²) in [7, 11) is 0. The molecule has 1 amide bonds. The van der Waals surface area contributed by atoms with Crippen LogP contribution in [0.2, 0.25) is 0 Å². The molecule has 6 heteroatoms. The first-order chi connectivity index (χ1) is 5.72. The first-order valence-electron chi connectivity index (χ1n) is 3.19. The van der Waals surface area contributed by atoms with Crippen molar-refractivity contribution < 1.29 is 9.53 Å². The van der Waals surface area contributed by atoms with Crippen LogP contribution in [0.4, 0.5) is 4.79 Å². The summed E-state index contributed by atoms with van der Waals surface area (Å²) in [6, 6.07) is 1.52. The Balaban J connectivity index is 2.69. The molecule has 6 nitrogen and oxygen atoms in total. The van der Waals surface area contributed by atoms with Crippen LogP contribution in [0.25, 0.3) is 0 Å². The van der Waals surface area contributed by atoms with Crippen molar-refractivity contribution in [2.24, 2.45) is 5.84 Å². The molecule has 1 aromatic heterocycles. The van der Waals surface area contributed by atoms with E-state index in [1.165, 1.54) is 12.4 Å². The van der Waals surface area contributed by atoms with E-state index in [1.807, 2.05) is 5.43 Å². The van der Waals surface area contributed by atoms with Crippen LogP contribution in [0.1, 0.15) is 5.69 Å². The highest BCUT2D eigenvalue weighted by Gasteiger charge is 2.02. The third kappa shape index (κ3) is 2.17. The fraction of sp³-hybridized carbons (Fsp3) is 0.167. The number of ether oxygens (including phenoxy) is 1. The molecule has 0 aromatic carbocycles. The van der Waals surface area contributed by atoms with Crippen molar-refractivity contribution >= 4 is 6.09 Å². The molecule has 1 heterocycles. The van der Waals surface area contributed by atoms with Gasteiger partial charge in [-0.25, -0.2) is 20.6 Å². The standard InChI is InChI=1S/C6H8N4O2/c1-4-2-5(9-3-8-4)12-6(11)10-7/h2-3H,7H2,1H3,(H,10,11). The monoisotopic (exact) mass is 168 g/mol. The van der Waals surface area contributed by atoms with Gasteiger partial charge in [-0.05, 0) is 6.92 Å². The van der Waals surface area contributed by atoms with Crippen molar-refractivity contribution in [1.29, 1.82) is 0 Å². The van der Waals surface area contributed by atoms with Crippen LogP contribution in [0.5, 0.6) is 5.88 Å². The molecule has 0 saturated carbocycles. The number of nitrogens with two attached hydrogens (primary N) is 1. The summed E-state index contributed by atoms with van der Waals surface area (Å²) in [5.74, 6) is 4.96. The second-order valence-electron chi connectivity index (χ2n) is 2.03. The number of rotatable bonds is 1. The second-order valence-corrected chi connectivity index (χ2v) is 2.03. The van der Waals surface area contributed by atoms with Crippen molar-refractivity contribution in [2.45, 2.75) is 6.92 Å². The average molecular weight is 168 g/mol. The van der Waals surface area contributed by atoms with Crippen LogP contribution < -0.4 is 16.0 Å². The molecule has 0 aliphatic rings. The summed E-state index contributed by atoms with van der Waals surface area (Å²) in [5.41, 5.74) is 2.52. The highest BCUT2D eigenvalue weighted by Crippen LogP contribution is 2.04. The number of aryl methyl sites for hydroxylation is 1. The zero-order chi connectivity index (χ0) is 8.97. The predicted octanol–water partition coefficient (Wildman–Crippen LogP) is -0.253. The van der Waals surface area contributed by atoms with Crippen LogP contribution in [-0.4, -0.2) is 16.1 Å². The minimum Gasteiger partial charge on any atom is -0.390 e. The van der Waals surface area contributed by atoms with Gasteiger partial charge in [-0.3, -0.25) is 5.43 Å². The van der Waals surface area contributed by atoms with Crippen molar-refractivity contribution in [1.82, 2.24) is 15.4 Å². The van der Waals surface area contributed by atoms with Gasteiger partial charge >= 0.3 is 6.09 Å². The highest BCUT2D eigenvalue weighted by molar-refractivity contribution is 5.68. The van der Waals surface area contributed by atoms with Gasteiger partial charge in [0.15, 0.2) is 0 Å². The highest BCUT2D eigenvalue weighted by atomic mass is 16.6. The predicted molar refractivity (Wildman–Crippen MR) is 40.1 cm³/mol. The molecule has 0 unspecified atom stereocenters. The Labute approximate surface area is 68.7 Å². The third-order valence-electron chi connectivity index (χ3n) is 1.09. The van der Waals surface area contributed by atoms with Crippen molar-refractivity contribution in [3.8, 4) is 5.88 Å². The van der Waals surface area contributed by atoms with Crippen LogP contribution in [-0.2, 0) is 0 Å². The van der Waals surface area contributed by atoms with Crippen molar-refractivity contribution in [3.63, 3.8) is 0 Å². The Hall–Kier alpha value is -1.69. The summed E-state index contributed by atoms with van der Waals surface area (Å²) in [5, 5.41) is 0. The minimum absolute atomic E-state index is 0.172. The minimum atomic E-state index is -0.756. The maximum atomic E-state index is 10.6. The fourth-order valence-corrected chi connectivity index (χ4v) is 0.610. The number of nitrogens with one attached hydrogen (secondary N) is 1. The summed E-state index contributed by atoms with van der Waals surface area (Å²) < 4.78 is 4.62. The maximum Gasteiger partial charge on any atom is 0.428 e. The fourth-order valence-electron chi connectivity index (χ4n) is 0.610. The maximum absolute atomic E-state index is 10.6.